The van der Waals surface area contributed by atoms with Crippen molar-refractivity contribution >= 4 is 39.5 Å². The van der Waals surface area contributed by atoms with Gasteiger partial charge in [-0.25, -0.2) is 4.98 Å². The second-order valence-electron chi connectivity index (χ2n) is 6.53. The molecule has 10 nitrogen and oxygen atoms in total. The topological polar surface area (TPSA) is 123 Å². The number of non-ortho nitro benzene ring substituents is 1. The number of hydrogen-bond donors (Lipinski definition) is 0. The van der Waals surface area contributed by atoms with Crippen LogP contribution in [-0.4, -0.2) is 34.7 Å². The Morgan fingerprint density at radius 3 is 2.71 bits per heavy atom. The van der Waals surface area contributed by atoms with E-state index in [4.69, 9.17) is 4.74 Å². The number of nitro groups is 1. The maximum Gasteiger partial charge on any atom is 0.282 e. The number of nitro benzene ring substituents is 1. The van der Waals surface area contributed by atoms with E-state index in [9.17, 15) is 14.9 Å². The highest BCUT2D eigenvalue weighted by Crippen LogP contribution is 2.32. The van der Waals surface area contributed by atoms with Crippen molar-refractivity contribution in [3.05, 3.63) is 64.0 Å². The number of aromatic nitrogens is 1. The van der Waals surface area contributed by atoms with E-state index in [0.29, 0.717) is 33.5 Å². The smallest absolute Gasteiger partial charge is 0.282 e. The Bertz CT molecular complexity index is 1200. The van der Waals surface area contributed by atoms with E-state index in [2.05, 4.69) is 20.3 Å². The molecule has 1 atom stereocenters. The van der Waals surface area contributed by atoms with E-state index in [-0.39, 0.29) is 11.6 Å². The van der Waals surface area contributed by atoms with Gasteiger partial charge in [0.2, 0.25) is 5.13 Å². The second kappa shape index (κ2) is 8.40. The Kier molecular flexibility index (Phi) is 5.50. The number of methoxy groups -OCH3 is 1. The highest BCUT2D eigenvalue weighted by molar-refractivity contribution is 7.14. The van der Waals surface area contributed by atoms with Crippen molar-refractivity contribution in [2.45, 2.75) is 13.0 Å². The summed E-state index contributed by atoms with van der Waals surface area (Å²) < 4.78 is 5.11. The molecule has 0 fully saturated rings. The molecule has 3 aromatic rings. The number of nitrogens with zero attached hydrogens (tertiary/aromatic N) is 6. The number of thiazole rings is 1. The van der Waals surface area contributed by atoms with E-state index in [1.807, 2.05) is 0 Å². The van der Waals surface area contributed by atoms with Crippen molar-refractivity contribution in [2.24, 2.45) is 15.3 Å². The molecule has 0 unspecified atom stereocenters. The van der Waals surface area contributed by atoms with Crippen molar-refractivity contribution in [3.63, 3.8) is 0 Å². The molecule has 2 heterocycles. The molecule has 1 amide bonds. The summed E-state index contributed by atoms with van der Waals surface area (Å²) in [6, 6.07) is 12.3. The Labute approximate surface area is 180 Å². The molecule has 1 aromatic heterocycles. The van der Waals surface area contributed by atoms with E-state index >= 15 is 0 Å². The number of rotatable bonds is 6. The van der Waals surface area contributed by atoms with Crippen LogP contribution in [0.4, 0.5) is 16.5 Å². The molecule has 0 N–H and O–H groups in total. The van der Waals surface area contributed by atoms with Gasteiger partial charge in [0.15, 0.2) is 6.04 Å². The zero-order valence-electron chi connectivity index (χ0n) is 16.5. The molecule has 4 rings (SSSR count). The van der Waals surface area contributed by atoms with Gasteiger partial charge in [-0.2, -0.15) is 20.3 Å². The lowest BCUT2D eigenvalue weighted by Gasteiger charge is -2.08. The molecule has 0 bridgehead atoms. The lowest BCUT2D eigenvalue weighted by Crippen LogP contribution is -2.29. The summed E-state index contributed by atoms with van der Waals surface area (Å²) in [5.74, 6) is 0.331. The van der Waals surface area contributed by atoms with Gasteiger partial charge in [-0.15, -0.1) is 11.3 Å². The number of hydrazone groups is 1. The minimum absolute atomic E-state index is 0.0304. The first-order valence-corrected chi connectivity index (χ1v) is 9.98. The maximum absolute atomic E-state index is 12.8. The number of azo groups is 1. The SMILES string of the molecule is COc1ccc(N=N[C@@H]2C(=O)N(c3nc(-c4cccc([N+](=O)[O-])c4)cs3)N=C2C)cc1. The van der Waals surface area contributed by atoms with Gasteiger partial charge in [0.25, 0.3) is 11.6 Å². The standard InChI is InChI=1S/C20H16N6O4S/c1-12-18(23-22-14-6-8-16(30-2)9-7-14)19(27)25(24-12)20-21-17(11-31-20)13-4-3-5-15(10-13)26(28)29/h3-11,18H,1-2H3/t18-/m0/s1. The molecule has 0 aliphatic carbocycles. The van der Waals surface area contributed by atoms with E-state index in [1.54, 1.807) is 55.8 Å². The summed E-state index contributed by atoms with van der Waals surface area (Å²) in [5, 5.41) is 26.8. The van der Waals surface area contributed by atoms with Crippen LogP contribution in [0.25, 0.3) is 11.3 Å². The van der Waals surface area contributed by atoms with Crippen LogP contribution in [0.2, 0.25) is 0 Å². The van der Waals surface area contributed by atoms with Crippen molar-refractivity contribution in [1.29, 1.82) is 0 Å². The predicted molar refractivity (Wildman–Crippen MR) is 116 cm³/mol. The molecule has 11 heteroatoms. The Balaban J connectivity index is 1.52. The lowest BCUT2D eigenvalue weighted by molar-refractivity contribution is -0.384. The molecule has 0 radical (unpaired) electrons. The van der Waals surface area contributed by atoms with E-state index < -0.39 is 11.0 Å². The number of amides is 1. The molecular weight excluding hydrogens is 420 g/mol. The van der Waals surface area contributed by atoms with Gasteiger partial charge < -0.3 is 4.74 Å². The van der Waals surface area contributed by atoms with Gasteiger partial charge >= 0.3 is 0 Å². The van der Waals surface area contributed by atoms with E-state index in [1.165, 1.54) is 28.5 Å². The van der Waals surface area contributed by atoms with Gasteiger partial charge in [0.05, 0.1) is 29.1 Å². The zero-order valence-corrected chi connectivity index (χ0v) is 17.3. The largest absolute Gasteiger partial charge is 0.497 e. The van der Waals surface area contributed by atoms with Gasteiger partial charge in [-0.3, -0.25) is 14.9 Å². The van der Waals surface area contributed by atoms with Crippen molar-refractivity contribution in [1.82, 2.24) is 4.98 Å². The summed E-state index contributed by atoms with van der Waals surface area (Å²) in [5.41, 5.74) is 2.15. The highest BCUT2D eigenvalue weighted by Gasteiger charge is 2.36. The zero-order chi connectivity index (χ0) is 22.0. The molecule has 1 aliphatic rings. The van der Waals surface area contributed by atoms with Crippen LogP contribution in [0.1, 0.15) is 6.92 Å². The predicted octanol–water partition coefficient (Wildman–Crippen LogP) is 4.60. The van der Waals surface area contributed by atoms with Gasteiger partial charge in [-0.1, -0.05) is 12.1 Å². The van der Waals surface area contributed by atoms with Crippen molar-refractivity contribution < 1.29 is 14.5 Å². The highest BCUT2D eigenvalue weighted by atomic mass is 32.1. The Morgan fingerprint density at radius 1 is 1.23 bits per heavy atom. The fourth-order valence-corrected chi connectivity index (χ4v) is 3.66. The van der Waals surface area contributed by atoms with Crippen LogP contribution >= 0.6 is 11.3 Å². The molecule has 31 heavy (non-hydrogen) atoms. The Hall–Kier alpha value is -3.99. The molecule has 0 spiro atoms. The summed E-state index contributed by atoms with van der Waals surface area (Å²) >= 11 is 1.21. The van der Waals surface area contributed by atoms with Crippen LogP contribution in [0, 0.1) is 10.1 Å². The number of carbonyl (C=O) groups excluding carboxylic acids is 1. The van der Waals surface area contributed by atoms with Crippen LogP contribution in [0.5, 0.6) is 5.75 Å². The molecular formula is C20H16N6O4S. The van der Waals surface area contributed by atoms with Crippen LogP contribution in [-0.2, 0) is 4.79 Å². The Morgan fingerprint density at radius 2 is 2.00 bits per heavy atom. The molecule has 156 valence electrons. The number of anilines is 1. The third-order valence-corrected chi connectivity index (χ3v) is 5.30. The average molecular weight is 436 g/mol. The molecule has 2 aromatic carbocycles. The van der Waals surface area contributed by atoms with Crippen molar-refractivity contribution in [2.75, 3.05) is 12.1 Å². The molecule has 0 saturated heterocycles. The minimum Gasteiger partial charge on any atom is -0.497 e. The number of hydrogen-bond acceptors (Lipinski definition) is 9. The number of ether oxygens (including phenoxy) is 1. The maximum atomic E-state index is 12.8. The second-order valence-corrected chi connectivity index (χ2v) is 7.37. The third kappa shape index (κ3) is 4.16. The fraction of sp³-hybridized carbons (Fsp3) is 0.150. The van der Waals surface area contributed by atoms with Crippen LogP contribution in [0.3, 0.4) is 0 Å². The molecule has 0 saturated carbocycles. The summed E-state index contributed by atoms with van der Waals surface area (Å²) in [6.07, 6.45) is 0. The molecule has 1 aliphatic heterocycles. The first kappa shape index (κ1) is 20.3. The van der Waals surface area contributed by atoms with Gasteiger partial charge in [0.1, 0.15) is 5.75 Å². The van der Waals surface area contributed by atoms with Gasteiger partial charge in [-0.05, 0) is 31.2 Å². The number of carbonyl (C=O) groups is 1. The van der Waals surface area contributed by atoms with Crippen LogP contribution in [0.15, 0.2) is 69.2 Å². The first-order chi connectivity index (χ1) is 15.0. The summed E-state index contributed by atoms with van der Waals surface area (Å²) in [7, 11) is 1.57. The minimum atomic E-state index is -0.840. The van der Waals surface area contributed by atoms with E-state index in [0.717, 1.165) is 0 Å². The van der Waals surface area contributed by atoms with Gasteiger partial charge in [0, 0.05) is 23.1 Å². The lowest BCUT2D eigenvalue weighted by atomic mass is 10.1. The summed E-state index contributed by atoms with van der Waals surface area (Å²) in [6.45, 7) is 1.70. The summed E-state index contributed by atoms with van der Waals surface area (Å²) in [4.78, 5) is 27.8. The quantitative estimate of drug-likeness (QED) is 0.317. The normalized spacial score (nSPS) is 16.1. The third-order valence-electron chi connectivity index (χ3n) is 4.48. The first-order valence-electron chi connectivity index (χ1n) is 9.10. The van der Waals surface area contributed by atoms with Crippen LogP contribution < -0.4 is 9.75 Å². The average Bonchev–Trinajstić information content (AvgIpc) is 3.37. The number of benzene rings is 2. The fourth-order valence-electron chi connectivity index (χ4n) is 2.87. The monoisotopic (exact) mass is 436 g/mol. The van der Waals surface area contributed by atoms with Crippen molar-refractivity contribution in [3.8, 4) is 17.0 Å².